The lowest BCUT2D eigenvalue weighted by Crippen LogP contribution is -2.32. The summed E-state index contributed by atoms with van der Waals surface area (Å²) in [6.07, 6.45) is 7.49. The van der Waals surface area contributed by atoms with Crippen molar-refractivity contribution < 1.29 is 9.53 Å². The average Bonchev–Trinajstić information content (AvgIpc) is 2.10. The van der Waals surface area contributed by atoms with Crippen molar-refractivity contribution in [1.82, 2.24) is 0 Å². The molecule has 0 aliphatic rings. The van der Waals surface area contributed by atoms with E-state index in [1.54, 1.807) is 11.8 Å². The first kappa shape index (κ1) is 11.3. The highest BCUT2D eigenvalue weighted by Crippen LogP contribution is 1.99. The van der Waals surface area contributed by atoms with E-state index in [0.717, 1.165) is 5.75 Å². The van der Waals surface area contributed by atoms with Crippen LogP contribution in [0, 0.1) is 12.3 Å². The van der Waals surface area contributed by atoms with E-state index in [1.807, 2.05) is 6.26 Å². The van der Waals surface area contributed by atoms with Crippen LogP contribution in [-0.4, -0.2) is 30.6 Å². The van der Waals surface area contributed by atoms with Crippen LogP contribution >= 0.6 is 11.8 Å². The quantitative estimate of drug-likeness (QED) is 0.495. The van der Waals surface area contributed by atoms with Crippen molar-refractivity contribution in [3.05, 3.63) is 0 Å². The van der Waals surface area contributed by atoms with E-state index >= 15 is 0 Å². The topological polar surface area (TPSA) is 52.3 Å². The molecule has 3 nitrogen and oxygen atoms in total. The number of hydrogen-bond donors (Lipinski definition) is 1. The summed E-state index contributed by atoms with van der Waals surface area (Å²) in [4.78, 5) is 11.0. The molecule has 0 aliphatic carbocycles. The van der Waals surface area contributed by atoms with Gasteiger partial charge in [-0.25, -0.2) is 0 Å². The maximum atomic E-state index is 11.0. The molecule has 0 fully saturated rings. The van der Waals surface area contributed by atoms with E-state index in [1.165, 1.54) is 0 Å². The Hall–Kier alpha value is -0.660. The van der Waals surface area contributed by atoms with Gasteiger partial charge in [0.15, 0.2) is 6.61 Å². The van der Waals surface area contributed by atoms with E-state index in [2.05, 4.69) is 10.7 Å². The Kier molecular flexibility index (Phi) is 6.63. The number of carbonyl (C=O) groups is 1. The molecule has 0 saturated heterocycles. The zero-order chi connectivity index (χ0) is 9.40. The van der Waals surface area contributed by atoms with Gasteiger partial charge in [-0.15, -0.1) is 6.42 Å². The molecule has 1 atom stereocenters. The summed E-state index contributed by atoms with van der Waals surface area (Å²) in [6.45, 7) is 0.00576. The molecule has 0 rings (SSSR count). The molecule has 0 bridgehead atoms. The highest BCUT2D eigenvalue weighted by Gasteiger charge is 2.13. The summed E-state index contributed by atoms with van der Waals surface area (Å²) in [6, 6.07) is -0.536. The Labute approximate surface area is 77.0 Å². The van der Waals surface area contributed by atoms with Gasteiger partial charge in [0.1, 0.15) is 6.04 Å². The van der Waals surface area contributed by atoms with Crippen LogP contribution in [0.4, 0.5) is 0 Å². The fourth-order valence-corrected chi connectivity index (χ4v) is 1.07. The number of esters is 1. The fourth-order valence-electron chi connectivity index (χ4n) is 0.583. The first-order valence-electron chi connectivity index (χ1n) is 3.57. The summed E-state index contributed by atoms with van der Waals surface area (Å²) < 4.78 is 4.64. The zero-order valence-corrected chi connectivity index (χ0v) is 7.89. The van der Waals surface area contributed by atoms with Crippen LogP contribution in [0.3, 0.4) is 0 Å². The summed E-state index contributed by atoms with van der Waals surface area (Å²) in [5.74, 6) is 2.64. The Bertz CT molecular complexity index is 176. The van der Waals surface area contributed by atoms with Crippen LogP contribution in [0.5, 0.6) is 0 Å². The van der Waals surface area contributed by atoms with Crippen molar-refractivity contribution in [2.24, 2.45) is 5.73 Å². The van der Waals surface area contributed by atoms with Crippen LogP contribution in [0.25, 0.3) is 0 Å². The van der Waals surface area contributed by atoms with Crippen LogP contribution < -0.4 is 5.73 Å². The van der Waals surface area contributed by atoms with Crippen LogP contribution in [-0.2, 0) is 9.53 Å². The normalized spacial score (nSPS) is 11.8. The number of thioether (sulfide) groups is 1. The van der Waals surface area contributed by atoms with Crippen molar-refractivity contribution in [1.29, 1.82) is 0 Å². The lowest BCUT2D eigenvalue weighted by atomic mass is 10.2. The molecule has 12 heavy (non-hydrogen) atoms. The Balaban J connectivity index is 3.55. The number of rotatable bonds is 5. The molecule has 0 saturated carbocycles. The monoisotopic (exact) mass is 187 g/mol. The van der Waals surface area contributed by atoms with E-state index in [-0.39, 0.29) is 6.61 Å². The lowest BCUT2D eigenvalue weighted by molar-refractivity contribution is -0.143. The highest BCUT2D eigenvalue weighted by molar-refractivity contribution is 7.98. The number of carbonyl (C=O) groups excluding carboxylic acids is 1. The highest BCUT2D eigenvalue weighted by atomic mass is 32.2. The van der Waals surface area contributed by atoms with Gasteiger partial charge in [0.25, 0.3) is 0 Å². The largest absolute Gasteiger partial charge is 0.451 e. The summed E-state index contributed by atoms with van der Waals surface area (Å²) in [7, 11) is 0. The molecule has 0 radical (unpaired) electrons. The second-order valence-electron chi connectivity index (χ2n) is 2.20. The minimum absolute atomic E-state index is 0.00576. The van der Waals surface area contributed by atoms with E-state index < -0.39 is 12.0 Å². The van der Waals surface area contributed by atoms with Crippen molar-refractivity contribution in [2.75, 3.05) is 18.6 Å². The van der Waals surface area contributed by atoms with E-state index in [4.69, 9.17) is 12.2 Å². The van der Waals surface area contributed by atoms with Crippen LogP contribution in [0.2, 0.25) is 0 Å². The molecule has 0 aliphatic heterocycles. The van der Waals surface area contributed by atoms with Crippen molar-refractivity contribution in [3.63, 3.8) is 0 Å². The molecular weight excluding hydrogens is 174 g/mol. The molecule has 2 N–H and O–H groups in total. The summed E-state index contributed by atoms with van der Waals surface area (Å²) >= 11 is 1.64. The smallest absolute Gasteiger partial charge is 0.323 e. The predicted octanol–water partition coefficient (Wildman–Crippen LogP) is 0.243. The van der Waals surface area contributed by atoms with Crippen molar-refractivity contribution in [3.8, 4) is 12.3 Å². The third-order valence-electron chi connectivity index (χ3n) is 1.23. The molecule has 0 aromatic carbocycles. The lowest BCUT2D eigenvalue weighted by Gasteiger charge is -2.08. The van der Waals surface area contributed by atoms with Gasteiger partial charge in [-0.1, -0.05) is 5.92 Å². The van der Waals surface area contributed by atoms with Gasteiger partial charge in [-0.2, -0.15) is 11.8 Å². The maximum absolute atomic E-state index is 11.0. The molecule has 0 aromatic rings. The fraction of sp³-hybridized carbons (Fsp3) is 0.625. The maximum Gasteiger partial charge on any atom is 0.323 e. The van der Waals surface area contributed by atoms with E-state index in [0.29, 0.717) is 6.42 Å². The number of nitrogens with two attached hydrogens (primary N) is 1. The number of hydrogen-bond acceptors (Lipinski definition) is 4. The number of ether oxygens (including phenoxy) is 1. The molecule has 4 heteroatoms. The molecule has 0 spiro atoms. The second kappa shape index (κ2) is 7.01. The minimum atomic E-state index is -0.536. The van der Waals surface area contributed by atoms with Crippen molar-refractivity contribution >= 4 is 17.7 Å². The average molecular weight is 187 g/mol. The second-order valence-corrected chi connectivity index (χ2v) is 3.19. The van der Waals surface area contributed by atoms with Crippen LogP contribution in [0.1, 0.15) is 6.42 Å². The summed E-state index contributed by atoms with van der Waals surface area (Å²) in [5, 5.41) is 0. The molecule has 0 unspecified atom stereocenters. The molecule has 0 heterocycles. The Morgan fingerprint density at radius 3 is 3.00 bits per heavy atom. The summed E-state index contributed by atoms with van der Waals surface area (Å²) in [5.41, 5.74) is 5.49. The van der Waals surface area contributed by atoms with Gasteiger partial charge < -0.3 is 10.5 Å². The first-order chi connectivity index (χ1) is 5.72. The molecule has 68 valence electrons. The van der Waals surface area contributed by atoms with E-state index in [9.17, 15) is 4.79 Å². The Morgan fingerprint density at radius 1 is 1.83 bits per heavy atom. The standard InChI is InChI=1S/C8H13NO2S/c1-3-5-11-8(10)7(9)4-6-12-2/h1,7H,4-6,9H2,2H3/t7-/m0/s1. The Morgan fingerprint density at radius 2 is 2.50 bits per heavy atom. The van der Waals surface area contributed by atoms with Gasteiger partial charge in [-0.3, -0.25) is 4.79 Å². The SMILES string of the molecule is C#CCOC(=O)[C@@H](N)CCSC. The minimum Gasteiger partial charge on any atom is -0.451 e. The predicted molar refractivity (Wildman–Crippen MR) is 50.8 cm³/mol. The van der Waals surface area contributed by atoms with Gasteiger partial charge in [0.2, 0.25) is 0 Å². The molecule has 0 amide bonds. The van der Waals surface area contributed by atoms with Gasteiger partial charge in [0, 0.05) is 0 Å². The van der Waals surface area contributed by atoms with Crippen LogP contribution in [0.15, 0.2) is 0 Å². The number of terminal acetylenes is 1. The van der Waals surface area contributed by atoms with Gasteiger partial charge in [-0.05, 0) is 18.4 Å². The van der Waals surface area contributed by atoms with Crippen molar-refractivity contribution in [2.45, 2.75) is 12.5 Å². The third kappa shape index (κ3) is 5.05. The molecule has 0 aromatic heterocycles. The zero-order valence-electron chi connectivity index (χ0n) is 7.08. The third-order valence-corrected chi connectivity index (χ3v) is 1.88. The molecular formula is C8H13NO2S. The van der Waals surface area contributed by atoms with Gasteiger partial charge in [0.05, 0.1) is 0 Å². The van der Waals surface area contributed by atoms with Gasteiger partial charge >= 0.3 is 5.97 Å². The first-order valence-corrected chi connectivity index (χ1v) is 4.96.